The van der Waals surface area contributed by atoms with E-state index >= 15 is 0 Å². The van der Waals surface area contributed by atoms with Crippen LogP contribution in [-0.4, -0.2) is 38.6 Å². The Morgan fingerprint density at radius 3 is 2.70 bits per heavy atom. The lowest BCUT2D eigenvalue weighted by Crippen LogP contribution is -2.44. The molecule has 1 saturated carbocycles. The molecule has 1 fully saturated rings. The Balaban J connectivity index is 0.00000364. The zero-order valence-corrected chi connectivity index (χ0v) is 18.5. The Morgan fingerprint density at radius 2 is 2.11 bits per heavy atom. The van der Waals surface area contributed by atoms with Crippen LogP contribution in [-0.2, 0) is 4.79 Å². The van der Waals surface area contributed by atoms with E-state index in [1.165, 1.54) is 18.9 Å². The van der Waals surface area contributed by atoms with Gasteiger partial charge in [-0.3, -0.25) is 9.79 Å². The molecule has 1 aliphatic rings. The van der Waals surface area contributed by atoms with Crippen molar-refractivity contribution in [1.82, 2.24) is 16.0 Å². The SMILES string of the molecule is CCCNC(=O)CNC(=NC)NC(C)c1ccc(OCC2CC2)c(F)c1.I. The highest BCUT2D eigenvalue weighted by Crippen LogP contribution is 2.30. The monoisotopic (exact) mass is 492 g/mol. The number of hydrogen-bond acceptors (Lipinski definition) is 3. The summed E-state index contributed by atoms with van der Waals surface area (Å²) >= 11 is 0. The molecule has 1 unspecified atom stereocenters. The third-order valence-electron chi connectivity index (χ3n) is 4.19. The quantitative estimate of drug-likeness (QED) is 0.282. The summed E-state index contributed by atoms with van der Waals surface area (Å²) in [5.41, 5.74) is 0.777. The molecule has 0 spiro atoms. The molecule has 1 atom stereocenters. The van der Waals surface area contributed by atoms with Crippen molar-refractivity contribution in [1.29, 1.82) is 0 Å². The number of benzene rings is 1. The molecule has 0 saturated heterocycles. The van der Waals surface area contributed by atoms with Crippen molar-refractivity contribution in [3.8, 4) is 5.75 Å². The van der Waals surface area contributed by atoms with E-state index in [-0.39, 0.29) is 48.3 Å². The summed E-state index contributed by atoms with van der Waals surface area (Å²) in [5.74, 6) is 0.907. The van der Waals surface area contributed by atoms with Crippen molar-refractivity contribution in [3.05, 3.63) is 29.6 Å². The summed E-state index contributed by atoms with van der Waals surface area (Å²) in [6.07, 6.45) is 3.23. The number of rotatable bonds is 9. The molecule has 1 amide bonds. The van der Waals surface area contributed by atoms with E-state index in [9.17, 15) is 9.18 Å². The van der Waals surface area contributed by atoms with Crippen LogP contribution >= 0.6 is 24.0 Å². The second-order valence-electron chi connectivity index (χ2n) is 6.59. The minimum Gasteiger partial charge on any atom is -0.490 e. The highest BCUT2D eigenvalue weighted by Gasteiger charge is 2.22. The van der Waals surface area contributed by atoms with Gasteiger partial charge in [0, 0.05) is 13.6 Å². The lowest BCUT2D eigenvalue weighted by molar-refractivity contribution is -0.120. The lowest BCUT2D eigenvalue weighted by atomic mass is 10.1. The fraction of sp³-hybridized carbons (Fsp3) is 0.579. The molecule has 8 heteroatoms. The molecule has 2 rings (SSSR count). The number of ether oxygens (including phenoxy) is 1. The number of nitrogens with zero attached hydrogens (tertiary/aromatic N) is 1. The second kappa shape index (κ2) is 12.0. The van der Waals surface area contributed by atoms with E-state index in [2.05, 4.69) is 20.9 Å². The van der Waals surface area contributed by atoms with Gasteiger partial charge in [0.2, 0.25) is 5.91 Å². The molecule has 1 aliphatic carbocycles. The predicted molar refractivity (Wildman–Crippen MR) is 116 cm³/mol. The maximum Gasteiger partial charge on any atom is 0.239 e. The number of carbonyl (C=O) groups is 1. The summed E-state index contributed by atoms with van der Waals surface area (Å²) < 4.78 is 19.7. The van der Waals surface area contributed by atoms with Crippen LogP contribution in [0.5, 0.6) is 5.75 Å². The van der Waals surface area contributed by atoms with E-state index in [1.807, 2.05) is 19.9 Å². The van der Waals surface area contributed by atoms with Gasteiger partial charge in [-0.1, -0.05) is 13.0 Å². The topological polar surface area (TPSA) is 74.8 Å². The molecule has 3 N–H and O–H groups in total. The number of aliphatic imine (C=N–C) groups is 1. The van der Waals surface area contributed by atoms with Crippen LogP contribution in [0.25, 0.3) is 0 Å². The highest BCUT2D eigenvalue weighted by atomic mass is 127. The molecule has 0 aromatic heterocycles. The largest absolute Gasteiger partial charge is 0.490 e. The number of nitrogens with one attached hydrogen (secondary N) is 3. The molecular formula is C19H30FIN4O2. The molecule has 6 nitrogen and oxygen atoms in total. The predicted octanol–water partition coefficient (Wildman–Crippen LogP) is 2.98. The fourth-order valence-electron chi connectivity index (χ4n) is 2.37. The smallest absolute Gasteiger partial charge is 0.239 e. The minimum atomic E-state index is -0.362. The molecule has 27 heavy (non-hydrogen) atoms. The van der Waals surface area contributed by atoms with Crippen molar-refractivity contribution < 1.29 is 13.9 Å². The van der Waals surface area contributed by atoms with Gasteiger partial charge in [-0.2, -0.15) is 0 Å². The average Bonchev–Trinajstić information content (AvgIpc) is 3.46. The summed E-state index contributed by atoms with van der Waals surface area (Å²) in [6.45, 7) is 5.27. The summed E-state index contributed by atoms with van der Waals surface area (Å²) in [4.78, 5) is 15.8. The third-order valence-corrected chi connectivity index (χ3v) is 4.19. The van der Waals surface area contributed by atoms with Crippen LogP contribution < -0.4 is 20.7 Å². The van der Waals surface area contributed by atoms with Gasteiger partial charge in [0.05, 0.1) is 19.2 Å². The Morgan fingerprint density at radius 1 is 1.37 bits per heavy atom. The van der Waals surface area contributed by atoms with Gasteiger partial charge in [0.25, 0.3) is 0 Å². The molecule has 0 aliphatic heterocycles. The Labute approximate surface area is 177 Å². The van der Waals surface area contributed by atoms with Crippen LogP contribution in [0.4, 0.5) is 4.39 Å². The lowest BCUT2D eigenvalue weighted by Gasteiger charge is -2.19. The normalized spacial score (nSPS) is 14.7. The van der Waals surface area contributed by atoms with Gasteiger partial charge in [-0.25, -0.2) is 4.39 Å². The first-order chi connectivity index (χ1) is 12.5. The second-order valence-corrected chi connectivity index (χ2v) is 6.59. The molecular weight excluding hydrogens is 462 g/mol. The number of carbonyl (C=O) groups excluding carboxylic acids is 1. The molecule has 1 aromatic carbocycles. The maximum absolute atomic E-state index is 14.2. The third kappa shape index (κ3) is 8.32. The average molecular weight is 492 g/mol. The molecule has 0 heterocycles. The van der Waals surface area contributed by atoms with Crippen molar-refractivity contribution in [3.63, 3.8) is 0 Å². The number of amides is 1. The minimum absolute atomic E-state index is 0. The van der Waals surface area contributed by atoms with Gasteiger partial charge >= 0.3 is 0 Å². The zero-order chi connectivity index (χ0) is 18.9. The molecule has 0 radical (unpaired) electrons. The molecule has 1 aromatic rings. The molecule has 152 valence electrons. The van der Waals surface area contributed by atoms with Crippen molar-refractivity contribution >= 4 is 35.8 Å². The number of halogens is 2. The van der Waals surface area contributed by atoms with E-state index in [0.717, 1.165) is 12.0 Å². The van der Waals surface area contributed by atoms with Crippen LogP contribution in [0.1, 0.15) is 44.7 Å². The number of hydrogen-bond donors (Lipinski definition) is 3. The summed E-state index contributed by atoms with van der Waals surface area (Å²) in [7, 11) is 1.63. The van der Waals surface area contributed by atoms with Gasteiger partial charge in [-0.05, 0) is 49.8 Å². The van der Waals surface area contributed by atoms with Crippen LogP contribution in [0, 0.1) is 11.7 Å². The van der Waals surface area contributed by atoms with Crippen molar-refractivity contribution in [2.24, 2.45) is 10.9 Å². The van der Waals surface area contributed by atoms with E-state index in [4.69, 9.17) is 4.74 Å². The van der Waals surface area contributed by atoms with Crippen LogP contribution in [0.15, 0.2) is 23.2 Å². The maximum atomic E-state index is 14.2. The first-order valence-corrected chi connectivity index (χ1v) is 9.19. The number of guanidine groups is 1. The van der Waals surface area contributed by atoms with Crippen molar-refractivity contribution in [2.75, 3.05) is 26.7 Å². The fourth-order valence-corrected chi connectivity index (χ4v) is 2.37. The summed E-state index contributed by atoms with van der Waals surface area (Å²) in [5, 5.41) is 8.89. The highest BCUT2D eigenvalue weighted by molar-refractivity contribution is 14.0. The summed E-state index contributed by atoms with van der Waals surface area (Å²) in [6, 6.07) is 4.80. The molecule has 0 bridgehead atoms. The van der Waals surface area contributed by atoms with Crippen LogP contribution in [0.3, 0.4) is 0 Å². The Kier molecular flexibility index (Phi) is 10.4. The van der Waals surface area contributed by atoms with Crippen molar-refractivity contribution in [2.45, 2.75) is 39.2 Å². The van der Waals surface area contributed by atoms with E-state index in [0.29, 0.717) is 30.8 Å². The first-order valence-electron chi connectivity index (χ1n) is 9.19. The Hall–Kier alpha value is -1.58. The zero-order valence-electron chi connectivity index (χ0n) is 16.2. The van der Waals surface area contributed by atoms with Gasteiger partial charge in [0.1, 0.15) is 0 Å². The van der Waals surface area contributed by atoms with E-state index < -0.39 is 0 Å². The van der Waals surface area contributed by atoms with Gasteiger partial charge in [-0.15, -0.1) is 24.0 Å². The van der Waals surface area contributed by atoms with E-state index in [1.54, 1.807) is 13.1 Å². The Bertz CT molecular complexity index is 638. The first kappa shape index (κ1) is 23.5. The van der Waals surface area contributed by atoms with Gasteiger partial charge in [0.15, 0.2) is 17.5 Å². The van der Waals surface area contributed by atoms with Gasteiger partial charge < -0.3 is 20.7 Å². The standard InChI is InChI=1S/C19H29FN4O2.HI/c1-4-9-22-18(25)11-23-19(21-3)24-13(2)15-7-8-17(16(20)10-15)26-12-14-5-6-14;/h7-8,10,13-14H,4-6,9,11-12H2,1-3H3,(H,22,25)(H2,21,23,24);1H. The van der Waals surface area contributed by atoms with Crippen LogP contribution in [0.2, 0.25) is 0 Å².